The van der Waals surface area contributed by atoms with Crippen molar-refractivity contribution in [2.45, 2.75) is 25.7 Å². The predicted molar refractivity (Wildman–Crippen MR) is 139 cm³/mol. The third kappa shape index (κ3) is 4.81. The molecule has 3 aliphatic rings. The first-order chi connectivity index (χ1) is 17.3. The van der Waals surface area contributed by atoms with Gasteiger partial charge in [-0.15, -0.1) is 0 Å². The largest absolute Gasteiger partial charge is 0.379 e. The summed E-state index contributed by atoms with van der Waals surface area (Å²) in [7, 11) is 0. The van der Waals surface area contributed by atoms with Crippen LogP contribution >= 0.6 is 0 Å². The second kappa shape index (κ2) is 10.2. The lowest BCUT2D eigenvalue weighted by Gasteiger charge is -2.32. The third-order valence-electron chi connectivity index (χ3n) is 7.13. The van der Waals surface area contributed by atoms with Gasteiger partial charge >= 0.3 is 0 Å². The topological polar surface area (TPSA) is 69.7 Å². The van der Waals surface area contributed by atoms with E-state index in [0.717, 1.165) is 90.1 Å². The van der Waals surface area contributed by atoms with Crippen molar-refractivity contribution in [3.05, 3.63) is 59.7 Å². The van der Waals surface area contributed by atoms with Crippen LogP contribution in [-0.4, -0.2) is 72.3 Å². The highest BCUT2D eigenvalue weighted by Crippen LogP contribution is 2.35. The average Bonchev–Trinajstić information content (AvgIpc) is 2.93. The molecule has 0 aliphatic carbocycles. The van der Waals surface area contributed by atoms with Gasteiger partial charge in [-0.05, 0) is 48.9 Å². The maximum Gasteiger partial charge on any atom is 0.236 e. The molecule has 182 valence electrons. The molecule has 1 aromatic heterocycles. The number of hydrogen-bond acceptors (Lipinski definition) is 8. The molecule has 0 bridgehead atoms. The lowest BCUT2D eigenvalue weighted by atomic mass is 10.0. The van der Waals surface area contributed by atoms with Gasteiger partial charge in [-0.3, -0.25) is 4.90 Å². The minimum absolute atomic E-state index is 0.643. The fourth-order valence-corrected chi connectivity index (χ4v) is 5.31. The summed E-state index contributed by atoms with van der Waals surface area (Å²) in [5.74, 6) is 2.09. The Morgan fingerprint density at radius 1 is 0.714 bits per heavy atom. The van der Waals surface area contributed by atoms with Crippen molar-refractivity contribution in [1.82, 2.24) is 19.9 Å². The number of fused-ring (bicyclic) bond motifs is 2. The Hall–Kier alpha value is -3.23. The van der Waals surface area contributed by atoms with Crippen LogP contribution < -0.4 is 15.1 Å². The third-order valence-corrected chi connectivity index (χ3v) is 7.13. The van der Waals surface area contributed by atoms with Gasteiger partial charge in [0, 0.05) is 50.6 Å². The van der Waals surface area contributed by atoms with Crippen LogP contribution in [0.4, 0.5) is 29.2 Å². The summed E-state index contributed by atoms with van der Waals surface area (Å²) < 4.78 is 5.48. The van der Waals surface area contributed by atoms with Crippen LogP contribution in [0.5, 0.6) is 0 Å². The van der Waals surface area contributed by atoms with Crippen LogP contribution in [0.15, 0.2) is 48.5 Å². The van der Waals surface area contributed by atoms with E-state index in [1.807, 2.05) is 0 Å². The molecule has 0 unspecified atom stereocenters. The van der Waals surface area contributed by atoms with E-state index >= 15 is 0 Å². The van der Waals surface area contributed by atoms with E-state index in [4.69, 9.17) is 19.7 Å². The van der Waals surface area contributed by atoms with Crippen LogP contribution in [0.1, 0.15) is 24.0 Å². The van der Waals surface area contributed by atoms with E-state index in [1.165, 1.54) is 22.5 Å². The van der Waals surface area contributed by atoms with Gasteiger partial charge < -0.3 is 19.9 Å². The minimum Gasteiger partial charge on any atom is -0.379 e. The molecule has 6 rings (SSSR count). The molecule has 1 saturated heterocycles. The number of nitrogens with zero attached hydrogens (tertiary/aromatic N) is 6. The van der Waals surface area contributed by atoms with Gasteiger partial charge in [-0.25, -0.2) is 0 Å². The molecule has 0 radical (unpaired) electrons. The van der Waals surface area contributed by atoms with Gasteiger partial charge in [0.15, 0.2) is 0 Å². The summed E-state index contributed by atoms with van der Waals surface area (Å²) in [6.45, 7) is 7.12. The zero-order valence-corrected chi connectivity index (χ0v) is 20.2. The molecule has 2 aromatic carbocycles. The number of nitrogens with one attached hydrogen (secondary N) is 1. The highest BCUT2D eigenvalue weighted by molar-refractivity contribution is 5.68. The van der Waals surface area contributed by atoms with Crippen LogP contribution in [0.3, 0.4) is 0 Å². The number of anilines is 5. The van der Waals surface area contributed by atoms with Gasteiger partial charge in [0.2, 0.25) is 17.8 Å². The predicted octanol–water partition coefficient (Wildman–Crippen LogP) is 3.78. The van der Waals surface area contributed by atoms with Gasteiger partial charge in [-0.2, -0.15) is 15.0 Å². The molecule has 4 heterocycles. The molecule has 0 amide bonds. The number of para-hydroxylation sites is 2. The number of aryl methyl sites for hydroxylation is 2. The first kappa shape index (κ1) is 22.2. The van der Waals surface area contributed by atoms with Crippen molar-refractivity contribution in [3.8, 4) is 0 Å². The number of hydrogen-bond donors (Lipinski definition) is 1. The second-order valence-electron chi connectivity index (χ2n) is 9.41. The van der Waals surface area contributed by atoms with Gasteiger partial charge in [-0.1, -0.05) is 36.4 Å². The maximum absolute atomic E-state index is 5.48. The number of rotatable bonds is 6. The highest BCUT2D eigenvalue weighted by atomic mass is 16.5. The molecule has 1 N–H and O–H groups in total. The zero-order valence-electron chi connectivity index (χ0n) is 20.2. The van der Waals surface area contributed by atoms with Crippen molar-refractivity contribution < 1.29 is 4.74 Å². The van der Waals surface area contributed by atoms with Crippen molar-refractivity contribution in [1.29, 1.82) is 0 Å². The molecule has 8 nitrogen and oxygen atoms in total. The Labute approximate surface area is 207 Å². The molecule has 0 saturated carbocycles. The van der Waals surface area contributed by atoms with Crippen LogP contribution in [0.2, 0.25) is 0 Å². The van der Waals surface area contributed by atoms with E-state index in [0.29, 0.717) is 5.95 Å². The Kier molecular flexibility index (Phi) is 6.47. The molecular formula is C27H33N7O. The molecule has 0 atom stereocenters. The first-order valence-electron chi connectivity index (χ1n) is 12.9. The normalized spacial score (nSPS) is 18.2. The van der Waals surface area contributed by atoms with Gasteiger partial charge in [0.1, 0.15) is 0 Å². The molecule has 1 fully saturated rings. The van der Waals surface area contributed by atoms with Gasteiger partial charge in [0.05, 0.1) is 13.2 Å². The van der Waals surface area contributed by atoms with Crippen LogP contribution in [-0.2, 0) is 17.6 Å². The lowest BCUT2D eigenvalue weighted by molar-refractivity contribution is 0.0398. The van der Waals surface area contributed by atoms with E-state index in [1.54, 1.807) is 0 Å². The Morgan fingerprint density at radius 3 is 1.89 bits per heavy atom. The van der Waals surface area contributed by atoms with Crippen LogP contribution in [0, 0.1) is 0 Å². The van der Waals surface area contributed by atoms with Crippen molar-refractivity contribution >= 4 is 29.2 Å². The highest BCUT2D eigenvalue weighted by Gasteiger charge is 2.25. The number of morpholine rings is 1. The van der Waals surface area contributed by atoms with Crippen LogP contribution in [0.25, 0.3) is 0 Å². The summed E-state index contributed by atoms with van der Waals surface area (Å²) in [4.78, 5) is 21.8. The SMILES string of the molecule is c1ccc2c(c1)CCCN2c1nc(NCCN2CCOCC2)nc(N2CCCc3ccccc32)n1. The minimum atomic E-state index is 0.643. The Morgan fingerprint density at radius 2 is 1.29 bits per heavy atom. The van der Waals surface area contributed by atoms with Crippen molar-refractivity contribution in [2.24, 2.45) is 0 Å². The van der Waals surface area contributed by atoms with Gasteiger partial charge in [0.25, 0.3) is 0 Å². The molecule has 8 heteroatoms. The van der Waals surface area contributed by atoms with E-state index in [-0.39, 0.29) is 0 Å². The Balaban J connectivity index is 1.33. The molecule has 0 spiro atoms. The summed E-state index contributed by atoms with van der Waals surface area (Å²) in [6, 6.07) is 17.2. The van der Waals surface area contributed by atoms with E-state index in [9.17, 15) is 0 Å². The molecular weight excluding hydrogens is 438 g/mol. The van der Waals surface area contributed by atoms with Crippen molar-refractivity contribution in [2.75, 3.05) is 67.6 Å². The van der Waals surface area contributed by atoms with Crippen molar-refractivity contribution in [3.63, 3.8) is 0 Å². The summed E-state index contributed by atoms with van der Waals surface area (Å²) >= 11 is 0. The fraction of sp³-hybridized carbons (Fsp3) is 0.444. The molecule has 3 aromatic rings. The monoisotopic (exact) mass is 471 g/mol. The lowest BCUT2D eigenvalue weighted by Crippen LogP contribution is -2.39. The maximum atomic E-state index is 5.48. The number of benzene rings is 2. The fourth-order valence-electron chi connectivity index (χ4n) is 5.31. The average molecular weight is 472 g/mol. The molecule has 3 aliphatic heterocycles. The summed E-state index contributed by atoms with van der Waals surface area (Å²) in [6.07, 6.45) is 4.36. The molecule has 35 heavy (non-hydrogen) atoms. The summed E-state index contributed by atoms with van der Waals surface area (Å²) in [5.41, 5.74) is 5.11. The number of aromatic nitrogens is 3. The first-order valence-corrected chi connectivity index (χ1v) is 12.9. The quantitative estimate of drug-likeness (QED) is 0.583. The number of ether oxygens (including phenoxy) is 1. The smallest absolute Gasteiger partial charge is 0.236 e. The standard InChI is InChI=1S/C27H33N7O/c1-3-11-23-21(7-1)9-5-14-33(23)26-29-25(28-13-16-32-17-19-35-20-18-32)30-27(31-26)34-15-6-10-22-8-2-4-12-24(22)34/h1-4,7-8,11-12H,5-6,9-10,13-20H2,(H,28,29,30,31). The second-order valence-corrected chi connectivity index (χ2v) is 9.41. The van der Waals surface area contributed by atoms with E-state index < -0.39 is 0 Å². The zero-order chi connectivity index (χ0) is 23.5. The summed E-state index contributed by atoms with van der Waals surface area (Å²) in [5, 5.41) is 3.50. The van der Waals surface area contributed by atoms with E-state index in [2.05, 4.69) is 68.5 Å². The Bertz CT molecular complexity index is 1090.